The first-order valence-electron chi connectivity index (χ1n) is 5.70. The van der Waals surface area contributed by atoms with Crippen molar-refractivity contribution in [3.05, 3.63) is 28.8 Å². The van der Waals surface area contributed by atoms with E-state index in [1.165, 1.54) is 4.90 Å². The summed E-state index contributed by atoms with van der Waals surface area (Å²) in [7, 11) is 0. The summed E-state index contributed by atoms with van der Waals surface area (Å²) in [4.78, 5) is 1.45. The van der Waals surface area contributed by atoms with Gasteiger partial charge in [0.05, 0.1) is 17.3 Å². The molecule has 2 nitrogen and oxygen atoms in total. The van der Waals surface area contributed by atoms with Crippen LogP contribution in [0.25, 0.3) is 0 Å². The van der Waals surface area contributed by atoms with Crippen LogP contribution < -0.4 is 5.73 Å². The molecule has 0 aliphatic heterocycles. The van der Waals surface area contributed by atoms with Crippen LogP contribution in [-0.4, -0.2) is 23.7 Å². The third-order valence-electron chi connectivity index (χ3n) is 2.90. The van der Waals surface area contributed by atoms with Crippen LogP contribution in [0.15, 0.2) is 18.2 Å². The van der Waals surface area contributed by atoms with Crippen LogP contribution in [0.5, 0.6) is 0 Å². The molecule has 1 aromatic carbocycles. The SMILES string of the molecule is Nc1ccc(CN(CC(F)(F)F)C2CC2)cc1Cl. The van der Waals surface area contributed by atoms with Crippen molar-refractivity contribution < 1.29 is 13.2 Å². The zero-order valence-corrected chi connectivity index (χ0v) is 10.4. The van der Waals surface area contributed by atoms with Crippen LogP contribution >= 0.6 is 11.6 Å². The van der Waals surface area contributed by atoms with Crippen LogP contribution in [-0.2, 0) is 6.54 Å². The van der Waals surface area contributed by atoms with Crippen molar-refractivity contribution in [1.29, 1.82) is 0 Å². The van der Waals surface area contributed by atoms with Crippen molar-refractivity contribution in [1.82, 2.24) is 4.90 Å². The molecule has 0 spiro atoms. The maximum Gasteiger partial charge on any atom is 0.401 e. The van der Waals surface area contributed by atoms with Crippen molar-refractivity contribution in [2.24, 2.45) is 0 Å². The number of benzene rings is 1. The first-order valence-corrected chi connectivity index (χ1v) is 6.07. The molecule has 2 rings (SSSR count). The van der Waals surface area contributed by atoms with Crippen molar-refractivity contribution in [3.63, 3.8) is 0 Å². The minimum absolute atomic E-state index is 0.0444. The fourth-order valence-electron chi connectivity index (χ4n) is 1.89. The summed E-state index contributed by atoms with van der Waals surface area (Å²) in [6, 6.07) is 5.01. The first-order chi connectivity index (χ1) is 8.35. The number of halogens is 4. The molecule has 2 N–H and O–H groups in total. The number of nitrogens with two attached hydrogens (primary N) is 1. The molecule has 0 amide bonds. The number of alkyl halides is 3. The highest BCUT2D eigenvalue weighted by atomic mass is 35.5. The third-order valence-corrected chi connectivity index (χ3v) is 3.22. The van der Waals surface area contributed by atoms with Gasteiger partial charge < -0.3 is 5.73 Å². The van der Waals surface area contributed by atoms with Crippen LogP contribution in [0.2, 0.25) is 5.02 Å². The lowest BCUT2D eigenvalue weighted by molar-refractivity contribution is -0.148. The van der Waals surface area contributed by atoms with E-state index in [1.54, 1.807) is 18.2 Å². The number of nitrogen functional groups attached to an aromatic ring is 1. The largest absolute Gasteiger partial charge is 0.401 e. The van der Waals surface area contributed by atoms with E-state index in [9.17, 15) is 13.2 Å². The average molecular weight is 279 g/mol. The van der Waals surface area contributed by atoms with Crippen molar-refractivity contribution in [3.8, 4) is 0 Å². The number of nitrogens with zero attached hydrogens (tertiary/aromatic N) is 1. The lowest BCUT2D eigenvalue weighted by Crippen LogP contribution is -2.35. The Hall–Kier alpha value is -0.940. The maximum absolute atomic E-state index is 12.5. The smallest absolute Gasteiger partial charge is 0.398 e. The molecular formula is C12H14ClF3N2. The van der Waals surface area contributed by atoms with E-state index < -0.39 is 12.7 Å². The van der Waals surface area contributed by atoms with Crippen molar-refractivity contribution >= 4 is 17.3 Å². The molecule has 6 heteroatoms. The molecule has 0 heterocycles. The summed E-state index contributed by atoms with van der Waals surface area (Å²) < 4.78 is 37.4. The van der Waals surface area contributed by atoms with Gasteiger partial charge in [-0.15, -0.1) is 0 Å². The Bertz CT molecular complexity index is 430. The van der Waals surface area contributed by atoms with E-state index in [1.807, 2.05) is 0 Å². The van der Waals surface area contributed by atoms with E-state index in [-0.39, 0.29) is 12.6 Å². The van der Waals surface area contributed by atoms with Crippen LogP contribution in [0.1, 0.15) is 18.4 Å². The van der Waals surface area contributed by atoms with Gasteiger partial charge in [0.2, 0.25) is 0 Å². The fraction of sp³-hybridized carbons (Fsp3) is 0.500. The van der Waals surface area contributed by atoms with E-state index in [4.69, 9.17) is 17.3 Å². The summed E-state index contributed by atoms with van der Waals surface area (Å²) in [6.45, 7) is -0.621. The molecule has 0 bridgehead atoms. The second-order valence-electron chi connectivity index (χ2n) is 4.61. The number of rotatable bonds is 4. The first kappa shape index (κ1) is 13.5. The number of hydrogen-bond acceptors (Lipinski definition) is 2. The van der Waals surface area contributed by atoms with Crippen LogP contribution in [0.3, 0.4) is 0 Å². The fourth-order valence-corrected chi connectivity index (χ4v) is 2.09. The van der Waals surface area contributed by atoms with Gasteiger partial charge in [0, 0.05) is 12.6 Å². The maximum atomic E-state index is 12.5. The molecule has 0 radical (unpaired) electrons. The normalized spacial score (nSPS) is 16.3. The standard InChI is InChI=1S/C12H14ClF3N2/c13-10-5-8(1-4-11(10)17)6-18(9-2-3-9)7-12(14,15)16/h1,4-5,9H,2-3,6-7,17H2. The lowest BCUT2D eigenvalue weighted by Gasteiger charge is -2.23. The number of hydrogen-bond donors (Lipinski definition) is 1. The predicted octanol–water partition coefficient (Wildman–Crippen LogP) is 3.45. The Kier molecular flexibility index (Phi) is 3.73. The Morgan fingerprint density at radius 3 is 2.50 bits per heavy atom. The topological polar surface area (TPSA) is 29.3 Å². The van der Waals surface area contributed by atoms with E-state index in [0.29, 0.717) is 10.7 Å². The zero-order chi connectivity index (χ0) is 13.3. The Morgan fingerprint density at radius 2 is 2.00 bits per heavy atom. The number of anilines is 1. The average Bonchev–Trinajstić information content (AvgIpc) is 3.04. The van der Waals surface area contributed by atoms with Gasteiger partial charge in [-0.05, 0) is 30.5 Å². The van der Waals surface area contributed by atoms with Crippen molar-refractivity contribution in [2.75, 3.05) is 12.3 Å². The quantitative estimate of drug-likeness (QED) is 0.855. The molecule has 1 saturated carbocycles. The predicted molar refractivity (Wildman–Crippen MR) is 65.4 cm³/mol. The summed E-state index contributed by atoms with van der Waals surface area (Å²) in [5.74, 6) is 0. The summed E-state index contributed by atoms with van der Waals surface area (Å²) in [5, 5.41) is 0.384. The molecule has 1 aromatic rings. The zero-order valence-electron chi connectivity index (χ0n) is 9.67. The van der Waals surface area contributed by atoms with Gasteiger partial charge >= 0.3 is 6.18 Å². The highest BCUT2D eigenvalue weighted by Crippen LogP contribution is 2.32. The van der Waals surface area contributed by atoms with Crippen LogP contribution in [0.4, 0.5) is 18.9 Å². The summed E-state index contributed by atoms with van der Waals surface area (Å²) >= 11 is 5.86. The van der Waals surface area contributed by atoms with Gasteiger partial charge in [-0.25, -0.2) is 0 Å². The summed E-state index contributed by atoms with van der Waals surface area (Å²) in [5.41, 5.74) is 6.76. The van der Waals surface area contributed by atoms with E-state index >= 15 is 0 Å². The van der Waals surface area contributed by atoms with Gasteiger partial charge in [0.1, 0.15) is 0 Å². The molecule has 0 atom stereocenters. The highest BCUT2D eigenvalue weighted by Gasteiger charge is 2.37. The van der Waals surface area contributed by atoms with Gasteiger partial charge in [0.15, 0.2) is 0 Å². The molecular weight excluding hydrogens is 265 g/mol. The van der Waals surface area contributed by atoms with E-state index in [0.717, 1.165) is 18.4 Å². The van der Waals surface area contributed by atoms with Gasteiger partial charge in [0.25, 0.3) is 0 Å². The molecule has 1 aliphatic carbocycles. The van der Waals surface area contributed by atoms with Gasteiger partial charge in [-0.2, -0.15) is 13.2 Å². The second kappa shape index (κ2) is 4.97. The minimum Gasteiger partial charge on any atom is -0.398 e. The lowest BCUT2D eigenvalue weighted by atomic mass is 10.2. The van der Waals surface area contributed by atoms with Crippen molar-refractivity contribution in [2.45, 2.75) is 31.6 Å². The minimum atomic E-state index is -4.17. The molecule has 0 unspecified atom stereocenters. The molecule has 100 valence electrons. The third kappa shape index (κ3) is 3.78. The van der Waals surface area contributed by atoms with Crippen LogP contribution in [0, 0.1) is 0 Å². The monoisotopic (exact) mass is 278 g/mol. The Balaban J connectivity index is 2.06. The Labute approximate surface area is 109 Å². The van der Waals surface area contributed by atoms with Gasteiger partial charge in [-0.3, -0.25) is 4.90 Å². The molecule has 1 fully saturated rings. The second-order valence-corrected chi connectivity index (χ2v) is 5.01. The molecule has 0 saturated heterocycles. The Morgan fingerprint density at radius 1 is 1.33 bits per heavy atom. The molecule has 0 aromatic heterocycles. The molecule has 18 heavy (non-hydrogen) atoms. The summed E-state index contributed by atoms with van der Waals surface area (Å²) in [6.07, 6.45) is -2.50. The molecule has 1 aliphatic rings. The highest BCUT2D eigenvalue weighted by molar-refractivity contribution is 6.33. The van der Waals surface area contributed by atoms with Gasteiger partial charge in [-0.1, -0.05) is 17.7 Å². The van der Waals surface area contributed by atoms with E-state index in [2.05, 4.69) is 0 Å².